The fourth-order valence-electron chi connectivity index (χ4n) is 1.38. The van der Waals surface area contributed by atoms with E-state index >= 15 is 0 Å². The summed E-state index contributed by atoms with van der Waals surface area (Å²) in [4.78, 5) is 0. The molecule has 0 bridgehead atoms. The van der Waals surface area contributed by atoms with E-state index in [1.165, 1.54) is 11.1 Å². The first-order chi connectivity index (χ1) is 7.11. The van der Waals surface area contributed by atoms with Crippen LogP contribution in [0.3, 0.4) is 0 Å². The summed E-state index contributed by atoms with van der Waals surface area (Å²) in [5, 5.41) is 8.49. The van der Waals surface area contributed by atoms with Crippen molar-refractivity contribution in [3.05, 3.63) is 29.3 Å². The van der Waals surface area contributed by atoms with Crippen LogP contribution in [0, 0.1) is 25.2 Å². The fourth-order valence-corrected chi connectivity index (χ4v) is 1.38. The first kappa shape index (κ1) is 11.5. The van der Waals surface area contributed by atoms with Crippen molar-refractivity contribution in [3.63, 3.8) is 0 Å². The molecule has 0 aromatic heterocycles. The molecule has 0 amide bonds. The highest BCUT2D eigenvalue weighted by Gasteiger charge is 2.01. The Balaban J connectivity index is 2.48. The lowest BCUT2D eigenvalue weighted by Gasteiger charge is -2.08. The standard InChI is InChI=1S/C12H16N2O/c1-9-5-10(2)7-12(6-9)15-4-3-11(14)8-13/h5-7,11H,3-4,14H2,1-2H3. The molecule has 1 aromatic rings. The van der Waals surface area contributed by atoms with E-state index in [-0.39, 0.29) is 0 Å². The van der Waals surface area contributed by atoms with E-state index < -0.39 is 6.04 Å². The molecule has 1 unspecified atom stereocenters. The zero-order valence-corrected chi connectivity index (χ0v) is 9.16. The number of nitrogens with zero attached hydrogens (tertiary/aromatic N) is 1. The number of nitriles is 1. The van der Waals surface area contributed by atoms with Crippen LogP contribution in [0.25, 0.3) is 0 Å². The van der Waals surface area contributed by atoms with Crippen LogP contribution in [0.2, 0.25) is 0 Å². The Bertz CT molecular complexity index is 348. The van der Waals surface area contributed by atoms with Gasteiger partial charge in [0.2, 0.25) is 0 Å². The van der Waals surface area contributed by atoms with E-state index in [2.05, 4.69) is 6.07 Å². The van der Waals surface area contributed by atoms with Crippen LogP contribution in [0.5, 0.6) is 5.75 Å². The molecule has 0 aliphatic heterocycles. The maximum atomic E-state index is 8.49. The maximum Gasteiger partial charge on any atom is 0.119 e. The minimum atomic E-state index is -0.434. The van der Waals surface area contributed by atoms with Gasteiger partial charge < -0.3 is 10.5 Å². The lowest BCUT2D eigenvalue weighted by Crippen LogP contribution is -2.20. The number of nitrogens with two attached hydrogens (primary N) is 1. The third-order valence-electron chi connectivity index (χ3n) is 2.06. The first-order valence-corrected chi connectivity index (χ1v) is 4.98. The van der Waals surface area contributed by atoms with Gasteiger partial charge in [0.25, 0.3) is 0 Å². The van der Waals surface area contributed by atoms with Gasteiger partial charge in [-0.2, -0.15) is 5.26 Å². The highest BCUT2D eigenvalue weighted by atomic mass is 16.5. The molecular formula is C12H16N2O. The highest BCUT2D eigenvalue weighted by molar-refractivity contribution is 5.32. The van der Waals surface area contributed by atoms with Crippen LogP contribution in [0.15, 0.2) is 18.2 Å². The van der Waals surface area contributed by atoms with Crippen LogP contribution in [0.4, 0.5) is 0 Å². The summed E-state index contributed by atoms with van der Waals surface area (Å²) >= 11 is 0. The van der Waals surface area contributed by atoms with Crippen molar-refractivity contribution < 1.29 is 4.74 Å². The zero-order valence-electron chi connectivity index (χ0n) is 9.16. The van der Waals surface area contributed by atoms with Crippen molar-refractivity contribution in [3.8, 4) is 11.8 Å². The van der Waals surface area contributed by atoms with E-state index in [1.54, 1.807) is 0 Å². The van der Waals surface area contributed by atoms with E-state index in [1.807, 2.05) is 32.0 Å². The number of ether oxygens (including phenoxy) is 1. The zero-order chi connectivity index (χ0) is 11.3. The van der Waals surface area contributed by atoms with E-state index in [9.17, 15) is 0 Å². The van der Waals surface area contributed by atoms with Crippen molar-refractivity contribution in [1.82, 2.24) is 0 Å². The van der Waals surface area contributed by atoms with E-state index in [0.717, 1.165) is 5.75 Å². The van der Waals surface area contributed by atoms with Crippen molar-refractivity contribution in [1.29, 1.82) is 5.26 Å². The first-order valence-electron chi connectivity index (χ1n) is 4.98. The minimum Gasteiger partial charge on any atom is -0.493 e. The molecule has 0 spiro atoms. The lowest BCUT2D eigenvalue weighted by atomic mass is 10.1. The molecule has 1 atom stereocenters. The van der Waals surface area contributed by atoms with Gasteiger partial charge in [-0.25, -0.2) is 0 Å². The molecule has 3 nitrogen and oxygen atoms in total. The number of aryl methyl sites for hydroxylation is 2. The topological polar surface area (TPSA) is 59.0 Å². The molecule has 0 fully saturated rings. The van der Waals surface area contributed by atoms with Gasteiger partial charge in [0, 0.05) is 6.42 Å². The molecule has 3 heteroatoms. The normalized spacial score (nSPS) is 11.9. The van der Waals surface area contributed by atoms with Gasteiger partial charge in [-0.3, -0.25) is 0 Å². The third-order valence-corrected chi connectivity index (χ3v) is 2.06. The molecule has 1 aromatic carbocycles. The van der Waals surface area contributed by atoms with Crippen LogP contribution in [0.1, 0.15) is 17.5 Å². The second-order valence-electron chi connectivity index (χ2n) is 3.70. The molecule has 2 N–H and O–H groups in total. The second kappa shape index (κ2) is 5.38. The third kappa shape index (κ3) is 4.01. The molecule has 1 rings (SSSR count). The molecule has 0 saturated heterocycles. The summed E-state index contributed by atoms with van der Waals surface area (Å²) in [7, 11) is 0. The van der Waals surface area contributed by atoms with Crippen molar-refractivity contribution >= 4 is 0 Å². The van der Waals surface area contributed by atoms with Gasteiger partial charge >= 0.3 is 0 Å². The van der Waals surface area contributed by atoms with Crippen LogP contribution < -0.4 is 10.5 Å². The van der Waals surface area contributed by atoms with Gasteiger partial charge in [-0.1, -0.05) is 6.07 Å². The van der Waals surface area contributed by atoms with Crippen molar-refractivity contribution in [2.75, 3.05) is 6.61 Å². The molecule has 0 heterocycles. The highest BCUT2D eigenvalue weighted by Crippen LogP contribution is 2.16. The Hall–Kier alpha value is -1.53. The van der Waals surface area contributed by atoms with Gasteiger partial charge in [-0.05, 0) is 37.1 Å². The molecule has 0 saturated carbocycles. The van der Waals surface area contributed by atoms with Gasteiger partial charge in [0.15, 0.2) is 0 Å². The van der Waals surface area contributed by atoms with Crippen molar-refractivity contribution in [2.45, 2.75) is 26.3 Å². The number of hydrogen-bond acceptors (Lipinski definition) is 3. The molecule has 0 aliphatic rings. The number of rotatable bonds is 4. The summed E-state index contributed by atoms with van der Waals surface area (Å²) in [5.41, 5.74) is 7.81. The molecule has 0 aliphatic carbocycles. The molecule has 80 valence electrons. The quantitative estimate of drug-likeness (QED) is 0.815. The van der Waals surface area contributed by atoms with Crippen LogP contribution in [-0.4, -0.2) is 12.6 Å². The average Bonchev–Trinajstić information content (AvgIpc) is 2.16. The number of hydrogen-bond donors (Lipinski definition) is 1. The van der Waals surface area contributed by atoms with E-state index in [4.69, 9.17) is 15.7 Å². The number of benzene rings is 1. The second-order valence-corrected chi connectivity index (χ2v) is 3.70. The molecular weight excluding hydrogens is 188 g/mol. The maximum absolute atomic E-state index is 8.49. The molecule has 15 heavy (non-hydrogen) atoms. The summed E-state index contributed by atoms with van der Waals surface area (Å²) in [6, 6.07) is 7.58. The van der Waals surface area contributed by atoms with Crippen LogP contribution >= 0.6 is 0 Å². The van der Waals surface area contributed by atoms with Gasteiger partial charge in [-0.15, -0.1) is 0 Å². The van der Waals surface area contributed by atoms with Gasteiger partial charge in [0.1, 0.15) is 5.75 Å². The SMILES string of the molecule is Cc1cc(C)cc(OCCC(N)C#N)c1. The average molecular weight is 204 g/mol. The summed E-state index contributed by atoms with van der Waals surface area (Å²) in [5.74, 6) is 0.845. The smallest absolute Gasteiger partial charge is 0.119 e. The lowest BCUT2D eigenvalue weighted by molar-refractivity contribution is 0.306. The Kier molecular flexibility index (Phi) is 4.14. The predicted molar refractivity (Wildman–Crippen MR) is 59.6 cm³/mol. The predicted octanol–water partition coefficient (Wildman–Crippen LogP) is 1.92. The Morgan fingerprint density at radius 1 is 1.33 bits per heavy atom. The largest absolute Gasteiger partial charge is 0.493 e. The van der Waals surface area contributed by atoms with Crippen LogP contribution in [-0.2, 0) is 0 Å². The van der Waals surface area contributed by atoms with Gasteiger partial charge in [0.05, 0.1) is 18.7 Å². The van der Waals surface area contributed by atoms with Crippen molar-refractivity contribution in [2.24, 2.45) is 5.73 Å². The minimum absolute atomic E-state index is 0.434. The summed E-state index contributed by atoms with van der Waals surface area (Å²) in [6.07, 6.45) is 0.559. The fraction of sp³-hybridized carbons (Fsp3) is 0.417. The Morgan fingerprint density at radius 2 is 1.93 bits per heavy atom. The Morgan fingerprint density at radius 3 is 2.47 bits per heavy atom. The van der Waals surface area contributed by atoms with E-state index in [0.29, 0.717) is 13.0 Å². The monoisotopic (exact) mass is 204 g/mol. The Labute approximate surface area is 90.5 Å². The summed E-state index contributed by atoms with van der Waals surface area (Å²) in [6.45, 7) is 4.54. The summed E-state index contributed by atoms with van der Waals surface area (Å²) < 4.78 is 5.51. The molecule has 0 radical (unpaired) electrons.